The van der Waals surface area contributed by atoms with E-state index in [0.29, 0.717) is 0 Å². The van der Waals surface area contributed by atoms with Crippen LogP contribution in [0.5, 0.6) is 0 Å². The van der Waals surface area contributed by atoms with Crippen LogP contribution in [-0.4, -0.2) is 14.3 Å². The first kappa shape index (κ1) is 12.5. The van der Waals surface area contributed by atoms with E-state index in [-0.39, 0.29) is 0 Å². The number of nitrogens with zero attached hydrogens (tertiary/aromatic N) is 3. The smallest absolute Gasteiger partial charge is 0.0739 e. The van der Waals surface area contributed by atoms with Crippen molar-refractivity contribution in [2.24, 2.45) is 0 Å². The summed E-state index contributed by atoms with van der Waals surface area (Å²) in [4.78, 5) is 0. The van der Waals surface area contributed by atoms with Crippen LogP contribution in [0.3, 0.4) is 0 Å². The Morgan fingerprint density at radius 3 is 2.79 bits per heavy atom. The summed E-state index contributed by atoms with van der Waals surface area (Å²) in [5, 5.41) is 5.82. The second kappa shape index (κ2) is 4.85. The maximum Gasteiger partial charge on any atom is 0.0739 e. The molecule has 0 unspecified atom stereocenters. The second-order valence-electron chi connectivity index (χ2n) is 4.66. The highest BCUT2D eigenvalue weighted by atomic mass is 79.9. The Labute approximate surface area is 121 Å². The minimum Gasteiger partial charge on any atom is -0.341 e. The maximum absolute atomic E-state index is 4.55. The van der Waals surface area contributed by atoms with E-state index in [9.17, 15) is 0 Å². The zero-order valence-corrected chi connectivity index (χ0v) is 12.7. The molecule has 0 fully saturated rings. The molecule has 0 atom stereocenters. The molecule has 2 aromatic heterocycles. The molecule has 0 saturated carbocycles. The van der Waals surface area contributed by atoms with Gasteiger partial charge in [-0.1, -0.05) is 18.2 Å². The number of hydrogen-bond donors (Lipinski definition) is 0. The molecular formula is C15H16BrN3. The lowest BCUT2D eigenvalue weighted by atomic mass is 10.2. The Morgan fingerprint density at radius 2 is 2.00 bits per heavy atom. The van der Waals surface area contributed by atoms with Crippen LogP contribution in [0, 0.1) is 6.92 Å². The molecule has 3 rings (SSSR count). The lowest BCUT2D eigenvalue weighted by molar-refractivity contribution is 0.601. The second-order valence-corrected chi connectivity index (χ2v) is 5.46. The maximum atomic E-state index is 4.55. The summed E-state index contributed by atoms with van der Waals surface area (Å²) in [7, 11) is 0. The molecule has 0 N–H and O–H groups in total. The summed E-state index contributed by atoms with van der Waals surface area (Å²) in [6, 6.07) is 10.6. The molecule has 3 aromatic rings. The molecule has 19 heavy (non-hydrogen) atoms. The normalized spacial score (nSPS) is 11.3. The zero-order valence-electron chi connectivity index (χ0n) is 11.1. The van der Waals surface area contributed by atoms with Gasteiger partial charge in [-0.15, -0.1) is 0 Å². The third-order valence-corrected chi connectivity index (χ3v) is 4.48. The molecular weight excluding hydrogens is 302 g/mol. The number of fused-ring (bicyclic) bond motifs is 1. The monoisotopic (exact) mass is 317 g/mol. The molecule has 0 aliphatic carbocycles. The number of rotatable bonds is 3. The predicted octanol–water partition coefficient (Wildman–Crippen LogP) is 3.98. The van der Waals surface area contributed by atoms with Gasteiger partial charge in [0.2, 0.25) is 0 Å². The first-order valence-electron chi connectivity index (χ1n) is 6.46. The highest BCUT2D eigenvalue weighted by Gasteiger charge is 2.13. The van der Waals surface area contributed by atoms with Crippen LogP contribution < -0.4 is 0 Å². The Hall–Kier alpha value is -1.55. The lowest BCUT2D eigenvalue weighted by Gasteiger charge is -2.08. The Kier molecular flexibility index (Phi) is 3.19. The Morgan fingerprint density at radius 1 is 1.21 bits per heavy atom. The van der Waals surface area contributed by atoms with E-state index < -0.39 is 0 Å². The molecule has 0 saturated heterocycles. The molecule has 0 aliphatic rings. The van der Waals surface area contributed by atoms with E-state index in [1.165, 1.54) is 16.6 Å². The lowest BCUT2D eigenvalue weighted by Crippen LogP contribution is -2.07. The van der Waals surface area contributed by atoms with Crippen molar-refractivity contribution >= 4 is 26.8 Å². The van der Waals surface area contributed by atoms with E-state index in [1.807, 2.05) is 6.92 Å². The van der Waals surface area contributed by atoms with Crippen molar-refractivity contribution in [2.45, 2.75) is 26.9 Å². The van der Waals surface area contributed by atoms with Gasteiger partial charge < -0.3 is 4.57 Å². The standard InChI is InChI=1S/C15H16BrN3/c1-3-19-14(15(16)11(2)17-19)10-18-9-8-12-6-4-5-7-13(12)18/h4-9H,3,10H2,1-2H3. The van der Waals surface area contributed by atoms with E-state index in [1.54, 1.807) is 0 Å². The molecule has 0 spiro atoms. The van der Waals surface area contributed by atoms with Gasteiger partial charge in [0.25, 0.3) is 0 Å². The molecule has 98 valence electrons. The fraction of sp³-hybridized carbons (Fsp3) is 0.267. The molecule has 3 nitrogen and oxygen atoms in total. The third kappa shape index (κ3) is 2.10. The number of benzene rings is 1. The van der Waals surface area contributed by atoms with E-state index in [4.69, 9.17) is 0 Å². The van der Waals surface area contributed by atoms with Gasteiger partial charge in [0.05, 0.1) is 22.4 Å². The minimum absolute atomic E-state index is 0.836. The summed E-state index contributed by atoms with van der Waals surface area (Å²) in [6.07, 6.45) is 2.14. The summed E-state index contributed by atoms with van der Waals surface area (Å²) in [5.74, 6) is 0. The molecule has 0 bridgehead atoms. The number of para-hydroxylation sites is 1. The molecule has 0 aliphatic heterocycles. The van der Waals surface area contributed by atoms with Gasteiger partial charge in [0.15, 0.2) is 0 Å². The van der Waals surface area contributed by atoms with Crippen LogP contribution in [0.2, 0.25) is 0 Å². The Balaban J connectivity index is 2.06. The van der Waals surface area contributed by atoms with Gasteiger partial charge in [-0.2, -0.15) is 5.10 Å². The van der Waals surface area contributed by atoms with E-state index in [0.717, 1.165) is 23.3 Å². The predicted molar refractivity (Wildman–Crippen MR) is 81.4 cm³/mol. The van der Waals surface area contributed by atoms with Crippen molar-refractivity contribution in [1.82, 2.24) is 14.3 Å². The number of aryl methyl sites for hydroxylation is 2. The van der Waals surface area contributed by atoms with Gasteiger partial charge in [-0.25, -0.2) is 0 Å². The first-order valence-corrected chi connectivity index (χ1v) is 7.25. The van der Waals surface area contributed by atoms with Gasteiger partial charge in [0, 0.05) is 18.3 Å². The van der Waals surface area contributed by atoms with Crippen molar-refractivity contribution in [2.75, 3.05) is 0 Å². The number of hydrogen-bond acceptors (Lipinski definition) is 1. The SMILES string of the molecule is CCn1nc(C)c(Br)c1Cn1ccc2ccccc21. The van der Waals surface area contributed by atoms with Crippen molar-refractivity contribution in [3.8, 4) is 0 Å². The average Bonchev–Trinajstić information content (AvgIpc) is 2.95. The van der Waals surface area contributed by atoms with Gasteiger partial charge in [-0.05, 0) is 47.3 Å². The summed E-state index contributed by atoms with van der Waals surface area (Å²) >= 11 is 3.66. The summed E-state index contributed by atoms with van der Waals surface area (Å²) < 4.78 is 5.45. The van der Waals surface area contributed by atoms with Crippen molar-refractivity contribution < 1.29 is 0 Å². The minimum atomic E-state index is 0.836. The van der Waals surface area contributed by atoms with Crippen LogP contribution in [0.1, 0.15) is 18.3 Å². The highest BCUT2D eigenvalue weighted by molar-refractivity contribution is 9.10. The van der Waals surface area contributed by atoms with E-state index in [2.05, 4.69) is 73.7 Å². The Bertz CT molecular complexity index is 724. The highest BCUT2D eigenvalue weighted by Crippen LogP contribution is 2.24. The van der Waals surface area contributed by atoms with Gasteiger partial charge >= 0.3 is 0 Å². The van der Waals surface area contributed by atoms with Crippen molar-refractivity contribution in [1.29, 1.82) is 0 Å². The van der Waals surface area contributed by atoms with Crippen LogP contribution in [-0.2, 0) is 13.1 Å². The van der Waals surface area contributed by atoms with Gasteiger partial charge in [0.1, 0.15) is 0 Å². The molecule has 1 aromatic carbocycles. The summed E-state index contributed by atoms with van der Waals surface area (Å²) in [5.41, 5.74) is 3.53. The number of aromatic nitrogens is 3. The quantitative estimate of drug-likeness (QED) is 0.716. The fourth-order valence-electron chi connectivity index (χ4n) is 2.46. The summed E-state index contributed by atoms with van der Waals surface area (Å²) in [6.45, 7) is 5.88. The van der Waals surface area contributed by atoms with Crippen LogP contribution >= 0.6 is 15.9 Å². The van der Waals surface area contributed by atoms with Crippen LogP contribution in [0.4, 0.5) is 0 Å². The van der Waals surface area contributed by atoms with Crippen LogP contribution in [0.15, 0.2) is 41.0 Å². The van der Waals surface area contributed by atoms with Crippen LogP contribution in [0.25, 0.3) is 10.9 Å². The molecule has 0 amide bonds. The average molecular weight is 318 g/mol. The largest absolute Gasteiger partial charge is 0.341 e. The number of halogens is 1. The van der Waals surface area contributed by atoms with Crippen molar-refractivity contribution in [3.05, 3.63) is 52.4 Å². The van der Waals surface area contributed by atoms with Gasteiger partial charge in [-0.3, -0.25) is 4.68 Å². The molecule has 4 heteroatoms. The van der Waals surface area contributed by atoms with Crippen molar-refractivity contribution in [3.63, 3.8) is 0 Å². The first-order chi connectivity index (χ1) is 9.20. The van der Waals surface area contributed by atoms with E-state index >= 15 is 0 Å². The third-order valence-electron chi connectivity index (χ3n) is 3.45. The topological polar surface area (TPSA) is 22.8 Å². The fourth-order valence-corrected chi connectivity index (χ4v) is 2.87. The molecule has 2 heterocycles. The molecule has 0 radical (unpaired) electrons. The zero-order chi connectivity index (χ0) is 13.4.